The zero-order valence-electron chi connectivity index (χ0n) is 24.3. The Hall–Kier alpha value is -3.32. The number of nitrogens with zero attached hydrogens (tertiary/aromatic N) is 3. The van der Waals surface area contributed by atoms with E-state index in [1.165, 1.54) is 32.4 Å². The average Bonchev–Trinajstić information content (AvgIpc) is 3.29. The van der Waals surface area contributed by atoms with Crippen LogP contribution in [-0.4, -0.2) is 85.4 Å². The van der Waals surface area contributed by atoms with Gasteiger partial charge in [-0.1, -0.05) is 31.3 Å². The number of hydrogen-bond acceptors (Lipinski definition) is 8. The van der Waals surface area contributed by atoms with Gasteiger partial charge in [-0.25, -0.2) is 13.2 Å². The highest BCUT2D eigenvalue weighted by Gasteiger charge is 2.35. The topological polar surface area (TPSA) is 154 Å². The van der Waals surface area contributed by atoms with Crippen molar-refractivity contribution in [2.24, 2.45) is 5.92 Å². The van der Waals surface area contributed by atoms with Crippen LogP contribution in [0.15, 0.2) is 27.6 Å². The van der Waals surface area contributed by atoms with Crippen LogP contribution in [0.25, 0.3) is 0 Å². The monoisotopic (exact) mass is 591 g/mol. The molecule has 12 nitrogen and oxygen atoms in total. The fraction of sp³-hybridized carbons (Fsp3) is 0.607. The fourth-order valence-corrected chi connectivity index (χ4v) is 6.83. The van der Waals surface area contributed by atoms with Crippen LogP contribution < -0.4 is 14.8 Å². The molecule has 0 spiro atoms. The molecule has 2 heterocycles. The predicted octanol–water partition coefficient (Wildman–Crippen LogP) is 3.29. The first kappa shape index (κ1) is 30.6. The minimum Gasteiger partial charge on any atom is -0.487 e. The largest absolute Gasteiger partial charge is 0.487 e. The summed E-state index contributed by atoms with van der Waals surface area (Å²) in [6.45, 7) is 7.03. The number of benzene rings is 1. The molecule has 3 N–H and O–H groups in total. The summed E-state index contributed by atoms with van der Waals surface area (Å²) >= 11 is 0. The summed E-state index contributed by atoms with van der Waals surface area (Å²) in [7, 11) is -2.32. The van der Waals surface area contributed by atoms with Crippen LogP contribution in [0.4, 0.5) is 10.5 Å². The number of aromatic nitrogens is 1. The Balaban J connectivity index is 1.60. The Morgan fingerprint density at radius 3 is 2.59 bits per heavy atom. The zero-order chi connectivity index (χ0) is 29.9. The van der Waals surface area contributed by atoms with E-state index in [2.05, 4.69) is 15.2 Å². The third-order valence-corrected chi connectivity index (χ3v) is 9.51. The van der Waals surface area contributed by atoms with E-state index in [-0.39, 0.29) is 71.0 Å². The van der Waals surface area contributed by atoms with Gasteiger partial charge in [0.25, 0.3) is 15.9 Å². The van der Waals surface area contributed by atoms with Gasteiger partial charge in [-0.3, -0.25) is 9.52 Å². The van der Waals surface area contributed by atoms with Crippen LogP contribution in [0.3, 0.4) is 0 Å². The van der Waals surface area contributed by atoms with Gasteiger partial charge >= 0.3 is 6.03 Å². The van der Waals surface area contributed by atoms with Crippen LogP contribution in [-0.2, 0) is 10.0 Å². The second-order valence-corrected chi connectivity index (χ2v) is 12.9. The standard InChI is InChI=1S/C28H41N5O7S/c1-17-14-33(18(2)16-34)27(35)23-13-22(31-41(37,38)26-19(3)30-40-20(26)4)11-12-24(23)39-25(17)15-32(5)28(36)29-21-9-7-6-8-10-21/h11-13,17-18,21,25,31,34H,6-10,14-16H2,1-5H3,(H,29,36)/t17-,18-,25-/m0/s1. The molecule has 1 aliphatic heterocycles. The molecule has 1 aliphatic carbocycles. The van der Waals surface area contributed by atoms with Crippen molar-refractivity contribution in [3.63, 3.8) is 0 Å². The number of hydrogen-bond donors (Lipinski definition) is 3. The zero-order valence-corrected chi connectivity index (χ0v) is 25.2. The van der Waals surface area contributed by atoms with Crippen molar-refractivity contribution >= 4 is 27.6 Å². The molecule has 2 aliphatic rings. The lowest BCUT2D eigenvalue weighted by Gasteiger charge is -2.38. The van der Waals surface area contributed by atoms with E-state index >= 15 is 0 Å². The van der Waals surface area contributed by atoms with Crippen LogP contribution in [0.5, 0.6) is 5.75 Å². The van der Waals surface area contributed by atoms with Gasteiger partial charge < -0.3 is 29.5 Å². The normalized spacial score (nSPS) is 20.8. The van der Waals surface area contributed by atoms with E-state index in [1.807, 2.05) is 6.92 Å². The number of aliphatic hydroxyl groups excluding tert-OH is 1. The van der Waals surface area contributed by atoms with E-state index in [1.54, 1.807) is 29.8 Å². The van der Waals surface area contributed by atoms with Gasteiger partial charge in [-0.15, -0.1) is 0 Å². The van der Waals surface area contributed by atoms with Crippen LogP contribution in [0.1, 0.15) is 67.8 Å². The van der Waals surface area contributed by atoms with Crippen molar-refractivity contribution in [3.05, 3.63) is 35.2 Å². The van der Waals surface area contributed by atoms with Crippen molar-refractivity contribution in [1.82, 2.24) is 20.3 Å². The third kappa shape index (κ3) is 6.95. The molecule has 3 atom stereocenters. The number of amides is 3. The molecular formula is C28H41N5O7S. The Morgan fingerprint density at radius 2 is 1.95 bits per heavy atom. The van der Waals surface area contributed by atoms with Gasteiger partial charge in [-0.05, 0) is 51.8 Å². The number of carbonyl (C=O) groups is 2. The lowest BCUT2D eigenvalue weighted by Crippen LogP contribution is -2.52. The van der Waals surface area contributed by atoms with Gasteiger partial charge in [0.15, 0.2) is 10.7 Å². The molecule has 0 radical (unpaired) electrons. The Labute approximate surface area is 241 Å². The average molecular weight is 592 g/mol. The van der Waals surface area contributed by atoms with Crippen LogP contribution >= 0.6 is 0 Å². The van der Waals surface area contributed by atoms with Crippen LogP contribution in [0, 0.1) is 19.8 Å². The summed E-state index contributed by atoms with van der Waals surface area (Å²) in [4.78, 5) is 29.8. The molecule has 13 heteroatoms. The summed E-state index contributed by atoms with van der Waals surface area (Å²) in [5, 5.41) is 16.8. The molecule has 1 aromatic heterocycles. The second-order valence-electron chi connectivity index (χ2n) is 11.3. The van der Waals surface area contributed by atoms with E-state index in [4.69, 9.17) is 9.26 Å². The van der Waals surface area contributed by atoms with Gasteiger partial charge in [0, 0.05) is 31.2 Å². The number of ether oxygens (including phenoxy) is 1. The van der Waals surface area contributed by atoms with Gasteiger partial charge in [-0.2, -0.15) is 0 Å². The molecule has 1 aromatic carbocycles. The van der Waals surface area contributed by atoms with Crippen molar-refractivity contribution in [3.8, 4) is 5.75 Å². The molecule has 226 valence electrons. The highest BCUT2D eigenvalue weighted by atomic mass is 32.2. The highest BCUT2D eigenvalue weighted by molar-refractivity contribution is 7.92. The second kappa shape index (κ2) is 12.7. The summed E-state index contributed by atoms with van der Waals surface area (Å²) in [6.07, 6.45) is 4.89. The van der Waals surface area contributed by atoms with E-state index in [0.29, 0.717) is 0 Å². The molecule has 1 saturated carbocycles. The Morgan fingerprint density at radius 1 is 1.24 bits per heavy atom. The van der Waals surface area contributed by atoms with Crippen LogP contribution in [0.2, 0.25) is 0 Å². The summed E-state index contributed by atoms with van der Waals surface area (Å²) in [5.74, 6) is -0.155. The van der Waals surface area contributed by atoms with Crippen molar-refractivity contribution in [2.45, 2.75) is 82.9 Å². The van der Waals surface area contributed by atoms with E-state index in [0.717, 1.165) is 25.7 Å². The maximum Gasteiger partial charge on any atom is 0.317 e. The molecular weight excluding hydrogens is 550 g/mol. The predicted molar refractivity (Wildman–Crippen MR) is 152 cm³/mol. The number of sulfonamides is 1. The van der Waals surface area contributed by atoms with Crippen molar-refractivity contribution in [1.29, 1.82) is 0 Å². The summed E-state index contributed by atoms with van der Waals surface area (Å²) in [5.41, 5.74) is 0.527. The number of urea groups is 1. The van der Waals surface area contributed by atoms with Crippen molar-refractivity contribution in [2.75, 3.05) is 31.5 Å². The van der Waals surface area contributed by atoms with Gasteiger partial charge in [0.05, 0.1) is 24.8 Å². The van der Waals surface area contributed by atoms with Gasteiger partial charge in [0.2, 0.25) is 0 Å². The first-order chi connectivity index (χ1) is 19.4. The lowest BCUT2D eigenvalue weighted by molar-refractivity contribution is 0.0366. The minimum absolute atomic E-state index is 0.0641. The summed E-state index contributed by atoms with van der Waals surface area (Å²) < 4.78 is 40.1. The van der Waals surface area contributed by atoms with E-state index < -0.39 is 28.1 Å². The fourth-order valence-electron chi connectivity index (χ4n) is 5.45. The molecule has 41 heavy (non-hydrogen) atoms. The molecule has 4 rings (SSSR count). The molecule has 0 saturated heterocycles. The lowest BCUT2D eigenvalue weighted by atomic mass is 9.96. The first-order valence-electron chi connectivity index (χ1n) is 14.1. The molecule has 2 aromatic rings. The molecule has 0 unspecified atom stereocenters. The SMILES string of the molecule is Cc1noc(C)c1S(=O)(=O)Nc1ccc2c(c1)C(=O)N([C@@H](C)CO)C[C@H](C)[C@H](CN(C)C(=O)NC1CCCCC1)O2. The smallest absolute Gasteiger partial charge is 0.317 e. The number of carbonyl (C=O) groups excluding carboxylic acids is 2. The Bertz CT molecular complexity index is 1340. The number of fused-ring (bicyclic) bond motifs is 1. The summed E-state index contributed by atoms with van der Waals surface area (Å²) in [6, 6.07) is 4.00. The third-order valence-electron chi connectivity index (χ3n) is 7.89. The Kier molecular flexibility index (Phi) is 9.48. The molecule has 0 bridgehead atoms. The number of rotatable bonds is 8. The number of nitrogens with one attached hydrogen (secondary N) is 2. The maximum absolute atomic E-state index is 13.7. The first-order valence-corrected chi connectivity index (χ1v) is 15.6. The molecule has 1 fully saturated rings. The van der Waals surface area contributed by atoms with Crippen molar-refractivity contribution < 1.29 is 32.4 Å². The number of likely N-dealkylation sites (N-methyl/N-ethyl adjacent to an activating group) is 1. The highest BCUT2D eigenvalue weighted by Crippen LogP contribution is 2.32. The maximum atomic E-state index is 13.7. The van der Waals surface area contributed by atoms with Gasteiger partial charge in [0.1, 0.15) is 17.5 Å². The minimum atomic E-state index is -4.05. The van der Waals surface area contributed by atoms with E-state index in [9.17, 15) is 23.1 Å². The number of aliphatic hydroxyl groups is 1. The number of anilines is 1. The quantitative estimate of drug-likeness (QED) is 0.423. The molecule has 3 amide bonds. The number of aryl methyl sites for hydroxylation is 2.